The molecule has 0 aliphatic rings. The molecule has 3 unspecified atom stereocenters. The molecule has 436 valence electrons. The SMILES string of the molecule is CC/C=C\C/C=C\C/C=C\C/C=C\C/C=C\CCCCCCCC(=O)OC(/C=C/CCCCCCCCCCCC)C(COP(=O)([O-])OCC[N+](C)(C)C)NC(=O)CCCCCC/C=C\C/C=C\C/C=C\CCCCC. The molecule has 0 rings (SSSR count). The topological polar surface area (TPSA) is 114 Å². The average Bonchev–Trinajstić information content (AvgIpc) is 3.38. The molecular formula is C66H115N2O7P. The summed E-state index contributed by atoms with van der Waals surface area (Å²) in [5.74, 6) is -0.594. The van der Waals surface area contributed by atoms with E-state index >= 15 is 0 Å². The number of carbonyl (C=O) groups is 2. The Morgan fingerprint density at radius 3 is 1.29 bits per heavy atom. The molecule has 76 heavy (non-hydrogen) atoms. The summed E-state index contributed by atoms with van der Waals surface area (Å²) in [7, 11) is 1.14. The van der Waals surface area contributed by atoms with Crippen LogP contribution in [-0.2, 0) is 27.9 Å². The van der Waals surface area contributed by atoms with Crippen molar-refractivity contribution in [1.82, 2.24) is 5.32 Å². The second-order valence-electron chi connectivity index (χ2n) is 21.5. The highest BCUT2D eigenvalue weighted by Crippen LogP contribution is 2.38. The third kappa shape index (κ3) is 55.4. The lowest BCUT2D eigenvalue weighted by Gasteiger charge is -2.30. The quantitative estimate of drug-likeness (QED) is 0.0212. The van der Waals surface area contributed by atoms with Crippen molar-refractivity contribution >= 4 is 19.7 Å². The Hall–Kier alpha value is -3.33. The lowest BCUT2D eigenvalue weighted by atomic mass is 10.0. The van der Waals surface area contributed by atoms with Gasteiger partial charge in [-0.05, 0) is 115 Å². The van der Waals surface area contributed by atoms with Gasteiger partial charge in [0, 0.05) is 12.8 Å². The summed E-state index contributed by atoms with van der Waals surface area (Å²) in [6, 6.07) is -0.915. The third-order valence-corrected chi connectivity index (χ3v) is 13.9. The maximum absolute atomic E-state index is 13.5. The van der Waals surface area contributed by atoms with E-state index < -0.39 is 26.6 Å². The molecule has 0 bridgehead atoms. The van der Waals surface area contributed by atoms with Crippen molar-refractivity contribution in [2.75, 3.05) is 40.9 Å². The molecule has 0 heterocycles. The van der Waals surface area contributed by atoms with Crippen LogP contribution < -0.4 is 10.2 Å². The molecule has 3 atom stereocenters. The third-order valence-electron chi connectivity index (χ3n) is 12.9. The fourth-order valence-electron chi connectivity index (χ4n) is 8.20. The number of esters is 1. The Morgan fingerprint density at radius 2 is 0.842 bits per heavy atom. The van der Waals surface area contributed by atoms with Crippen LogP contribution in [0.1, 0.15) is 245 Å². The van der Waals surface area contributed by atoms with E-state index in [-0.39, 0.29) is 31.3 Å². The fraction of sp³-hybridized carbons (Fsp3) is 0.697. The van der Waals surface area contributed by atoms with Gasteiger partial charge in [-0.2, -0.15) is 0 Å². The Kier molecular flexibility index (Phi) is 52.6. The first kappa shape index (κ1) is 72.7. The summed E-state index contributed by atoms with van der Waals surface area (Å²) >= 11 is 0. The van der Waals surface area contributed by atoms with E-state index in [0.29, 0.717) is 23.9 Å². The fourth-order valence-corrected chi connectivity index (χ4v) is 8.92. The summed E-state index contributed by atoms with van der Waals surface area (Å²) in [5.41, 5.74) is 0. The zero-order valence-corrected chi connectivity index (χ0v) is 50.6. The first-order chi connectivity index (χ1) is 36.9. The van der Waals surface area contributed by atoms with E-state index in [0.717, 1.165) is 122 Å². The van der Waals surface area contributed by atoms with Crippen molar-refractivity contribution in [1.29, 1.82) is 0 Å². The molecule has 10 heteroatoms. The van der Waals surface area contributed by atoms with Gasteiger partial charge >= 0.3 is 5.97 Å². The van der Waals surface area contributed by atoms with Gasteiger partial charge in [0.25, 0.3) is 7.82 Å². The second kappa shape index (κ2) is 55.0. The van der Waals surface area contributed by atoms with E-state index in [4.69, 9.17) is 13.8 Å². The molecule has 0 saturated carbocycles. The van der Waals surface area contributed by atoms with E-state index in [2.05, 4.69) is 123 Å². The van der Waals surface area contributed by atoms with Gasteiger partial charge in [0.2, 0.25) is 5.91 Å². The van der Waals surface area contributed by atoms with Crippen molar-refractivity contribution in [2.24, 2.45) is 0 Å². The number of hydrogen-bond donors (Lipinski definition) is 1. The van der Waals surface area contributed by atoms with Gasteiger partial charge in [-0.1, -0.05) is 227 Å². The lowest BCUT2D eigenvalue weighted by molar-refractivity contribution is -0.870. The number of quaternary nitrogens is 1. The summed E-state index contributed by atoms with van der Waals surface area (Å²) in [5, 5.41) is 3.01. The largest absolute Gasteiger partial charge is 0.756 e. The molecule has 0 fully saturated rings. The lowest BCUT2D eigenvalue weighted by Crippen LogP contribution is -2.47. The van der Waals surface area contributed by atoms with Crippen molar-refractivity contribution in [3.63, 3.8) is 0 Å². The predicted octanol–water partition coefficient (Wildman–Crippen LogP) is 18.3. The molecule has 0 saturated heterocycles. The molecule has 9 nitrogen and oxygen atoms in total. The highest BCUT2D eigenvalue weighted by atomic mass is 31.2. The van der Waals surface area contributed by atoms with Gasteiger partial charge in [-0.25, -0.2) is 0 Å². The van der Waals surface area contributed by atoms with Crippen LogP contribution in [0.2, 0.25) is 0 Å². The average molecular weight is 1080 g/mol. The van der Waals surface area contributed by atoms with Crippen LogP contribution in [0, 0.1) is 0 Å². The summed E-state index contributed by atoms with van der Waals surface area (Å²) < 4.78 is 30.3. The van der Waals surface area contributed by atoms with Crippen LogP contribution in [0.4, 0.5) is 0 Å². The number of allylic oxidation sites excluding steroid dienone is 17. The minimum Gasteiger partial charge on any atom is -0.756 e. The van der Waals surface area contributed by atoms with Crippen molar-refractivity contribution in [2.45, 2.75) is 258 Å². The number of likely N-dealkylation sites (N-methyl/N-ethyl adjacent to an activating group) is 1. The summed E-state index contributed by atoms with van der Waals surface area (Å²) in [6.45, 7) is 6.65. The molecule has 0 radical (unpaired) electrons. The van der Waals surface area contributed by atoms with E-state index in [1.807, 2.05) is 33.3 Å². The number of nitrogens with one attached hydrogen (secondary N) is 1. The second-order valence-corrected chi connectivity index (χ2v) is 22.9. The van der Waals surface area contributed by atoms with E-state index in [9.17, 15) is 19.0 Å². The number of carbonyl (C=O) groups excluding carboxylic acids is 2. The summed E-state index contributed by atoms with van der Waals surface area (Å²) in [6.07, 6.45) is 74.8. The van der Waals surface area contributed by atoms with Crippen LogP contribution in [0.15, 0.2) is 109 Å². The number of ether oxygens (including phenoxy) is 1. The number of hydrogen-bond acceptors (Lipinski definition) is 7. The van der Waals surface area contributed by atoms with Gasteiger partial charge in [0.05, 0.1) is 33.8 Å². The zero-order valence-electron chi connectivity index (χ0n) is 49.7. The number of unbranched alkanes of at least 4 members (excludes halogenated alkanes) is 22. The van der Waals surface area contributed by atoms with E-state index in [1.165, 1.54) is 77.0 Å². The van der Waals surface area contributed by atoms with Gasteiger partial charge < -0.3 is 28.5 Å². The monoisotopic (exact) mass is 1080 g/mol. The first-order valence-electron chi connectivity index (χ1n) is 30.7. The first-order valence-corrected chi connectivity index (χ1v) is 32.2. The van der Waals surface area contributed by atoms with Gasteiger partial charge in [-0.15, -0.1) is 0 Å². The van der Waals surface area contributed by atoms with Crippen molar-refractivity contribution < 1.29 is 37.3 Å². The number of phosphoric acid groups is 1. The number of phosphoric ester groups is 1. The normalized spacial score (nSPS) is 14.5. The number of amides is 1. The van der Waals surface area contributed by atoms with Crippen molar-refractivity contribution in [3.05, 3.63) is 109 Å². The molecule has 0 aromatic carbocycles. The Labute approximate surface area is 468 Å². The Bertz CT molecular complexity index is 1670. The van der Waals surface area contributed by atoms with Gasteiger partial charge in [0.15, 0.2) is 0 Å². The minimum atomic E-state index is -4.72. The van der Waals surface area contributed by atoms with Crippen LogP contribution in [0.25, 0.3) is 0 Å². The molecule has 1 N–H and O–H groups in total. The minimum absolute atomic E-state index is 0.0359. The molecule has 0 aromatic rings. The standard InChI is InChI=1S/C66H115N2O7P/c1-7-10-13-16-19-22-25-28-30-32-33-34-35-37-39-41-44-47-50-53-56-59-66(70)75-64(57-54-51-48-45-42-27-24-21-18-15-12-9-3)63(62-74-76(71,72)73-61-60-68(4,5)6)67-65(69)58-55-52-49-46-43-40-38-36-31-29-26-23-20-17-14-11-8-2/h10,13,19-20,22-23,28-31,33-34,37-40,54,57,63-64H,7-9,11-12,14-18,21,24-27,32,35-36,41-53,55-56,58-62H2,1-6H3,(H-,67,69,71,72)/b13-10-,22-19-,23-20-,30-28-,31-29-,34-33-,39-37-,40-38-,57-54+. The van der Waals surface area contributed by atoms with Gasteiger partial charge in [0.1, 0.15) is 19.3 Å². The number of rotatable bonds is 54. The summed E-state index contributed by atoms with van der Waals surface area (Å²) in [4.78, 5) is 40.0. The Morgan fingerprint density at radius 1 is 0.474 bits per heavy atom. The van der Waals surface area contributed by atoms with E-state index in [1.54, 1.807) is 0 Å². The zero-order chi connectivity index (χ0) is 55.7. The van der Waals surface area contributed by atoms with Crippen LogP contribution in [0.5, 0.6) is 0 Å². The molecule has 0 spiro atoms. The molecule has 0 aromatic heterocycles. The van der Waals surface area contributed by atoms with Gasteiger partial charge in [-0.3, -0.25) is 14.2 Å². The highest BCUT2D eigenvalue weighted by Gasteiger charge is 2.27. The maximum atomic E-state index is 13.5. The van der Waals surface area contributed by atoms with Crippen LogP contribution >= 0.6 is 7.82 Å². The smallest absolute Gasteiger partial charge is 0.306 e. The Balaban J connectivity index is 5.36. The molecule has 1 amide bonds. The number of nitrogens with zero attached hydrogens (tertiary/aromatic N) is 1. The highest BCUT2D eigenvalue weighted by molar-refractivity contribution is 7.45. The molecule has 0 aliphatic carbocycles. The van der Waals surface area contributed by atoms with Crippen LogP contribution in [0.3, 0.4) is 0 Å². The van der Waals surface area contributed by atoms with Crippen LogP contribution in [-0.4, -0.2) is 69.4 Å². The molecule has 0 aliphatic heterocycles. The van der Waals surface area contributed by atoms with Crippen molar-refractivity contribution in [3.8, 4) is 0 Å². The maximum Gasteiger partial charge on any atom is 0.306 e. The predicted molar refractivity (Wildman–Crippen MR) is 325 cm³/mol. The molecular weight excluding hydrogens is 964 g/mol.